The van der Waals surface area contributed by atoms with Crippen molar-refractivity contribution in [2.24, 2.45) is 0 Å². The third kappa shape index (κ3) is 4.48. The zero-order valence-corrected chi connectivity index (χ0v) is 8.92. The van der Waals surface area contributed by atoms with Gasteiger partial charge < -0.3 is 5.32 Å². The highest BCUT2D eigenvalue weighted by Gasteiger charge is 2.00. The number of nitrogens with zero attached hydrogens (tertiary/aromatic N) is 1. The molecular formula is C11H11ClN2O. The van der Waals surface area contributed by atoms with Crippen molar-refractivity contribution >= 4 is 17.5 Å². The standard InChI is InChI=1S/C11H11ClN2O/c12-10-4-1-3-9(7-10)8-14-11(15)5-2-6-13/h1,3-4,7H,2,5,8H2,(H,14,15). The Balaban J connectivity index is 2.37. The average molecular weight is 223 g/mol. The van der Waals surface area contributed by atoms with Crippen molar-refractivity contribution in [1.29, 1.82) is 5.26 Å². The number of nitriles is 1. The van der Waals surface area contributed by atoms with Gasteiger partial charge in [0.1, 0.15) is 0 Å². The second-order valence-corrected chi connectivity index (χ2v) is 3.50. The Kier molecular flexibility index (Phi) is 4.65. The summed E-state index contributed by atoms with van der Waals surface area (Å²) < 4.78 is 0. The molecule has 0 heterocycles. The molecule has 1 N–H and O–H groups in total. The summed E-state index contributed by atoms with van der Waals surface area (Å²) in [5.41, 5.74) is 0.952. The van der Waals surface area contributed by atoms with E-state index < -0.39 is 0 Å². The molecule has 0 saturated heterocycles. The highest BCUT2D eigenvalue weighted by molar-refractivity contribution is 6.30. The number of hydrogen-bond acceptors (Lipinski definition) is 2. The number of amides is 1. The Morgan fingerprint density at radius 2 is 2.33 bits per heavy atom. The topological polar surface area (TPSA) is 52.9 Å². The van der Waals surface area contributed by atoms with Crippen LogP contribution in [-0.4, -0.2) is 5.91 Å². The predicted molar refractivity (Wildman–Crippen MR) is 58.1 cm³/mol. The van der Waals surface area contributed by atoms with Gasteiger partial charge in [0.15, 0.2) is 0 Å². The lowest BCUT2D eigenvalue weighted by molar-refractivity contribution is -0.121. The van der Waals surface area contributed by atoms with Crippen LogP contribution in [0.15, 0.2) is 24.3 Å². The van der Waals surface area contributed by atoms with E-state index in [0.717, 1.165) is 5.56 Å². The number of rotatable bonds is 4. The molecule has 1 amide bonds. The van der Waals surface area contributed by atoms with Gasteiger partial charge in [-0.1, -0.05) is 23.7 Å². The fourth-order valence-electron chi connectivity index (χ4n) is 1.11. The maximum absolute atomic E-state index is 11.2. The first kappa shape index (κ1) is 11.5. The number of benzene rings is 1. The molecule has 0 aromatic heterocycles. The van der Waals surface area contributed by atoms with E-state index in [4.69, 9.17) is 16.9 Å². The molecule has 0 aliphatic carbocycles. The van der Waals surface area contributed by atoms with Crippen LogP contribution in [-0.2, 0) is 11.3 Å². The van der Waals surface area contributed by atoms with Gasteiger partial charge in [0.05, 0.1) is 6.07 Å². The fraction of sp³-hybridized carbons (Fsp3) is 0.273. The van der Waals surface area contributed by atoms with Crippen molar-refractivity contribution < 1.29 is 4.79 Å². The van der Waals surface area contributed by atoms with Crippen LogP contribution < -0.4 is 5.32 Å². The summed E-state index contributed by atoms with van der Waals surface area (Å²) >= 11 is 5.79. The van der Waals surface area contributed by atoms with E-state index >= 15 is 0 Å². The predicted octanol–water partition coefficient (Wildman–Crippen LogP) is 2.26. The van der Waals surface area contributed by atoms with E-state index in [1.54, 1.807) is 12.1 Å². The van der Waals surface area contributed by atoms with E-state index in [0.29, 0.717) is 11.6 Å². The first-order valence-corrected chi connectivity index (χ1v) is 4.98. The maximum Gasteiger partial charge on any atom is 0.221 e. The SMILES string of the molecule is N#CCCC(=O)NCc1cccc(Cl)c1. The van der Waals surface area contributed by atoms with Crippen molar-refractivity contribution in [1.82, 2.24) is 5.32 Å². The van der Waals surface area contributed by atoms with Gasteiger partial charge in [-0.2, -0.15) is 5.26 Å². The first-order chi connectivity index (χ1) is 7.22. The van der Waals surface area contributed by atoms with Crippen LogP contribution >= 0.6 is 11.6 Å². The molecule has 0 spiro atoms. The largest absolute Gasteiger partial charge is 0.352 e. The maximum atomic E-state index is 11.2. The monoisotopic (exact) mass is 222 g/mol. The highest BCUT2D eigenvalue weighted by Crippen LogP contribution is 2.10. The lowest BCUT2D eigenvalue weighted by Crippen LogP contribution is -2.22. The third-order valence-electron chi connectivity index (χ3n) is 1.84. The lowest BCUT2D eigenvalue weighted by Gasteiger charge is -2.03. The molecular weight excluding hydrogens is 212 g/mol. The second kappa shape index (κ2) is 6.05. The zero-order valence-electron chi connectivity index (χ0n) is 8.16. The van der Waals surface area contributed by atoms with Crippen LogP contribution in [0.4, 0.5) is 0 Å². The summed E-state index contributed by atoms with van der Waals surface area (Å²) in [4.78, 5) is 11.2. The van der Waals surface area contributed by atoms with Crippen molar-refractivity contribution in [3.05, 3.63) is 34.9 Å². The molecule has 0 atom stereocenters. The minimum absolute atomic E-state index is 0.114. The lowest BCUT2D eigenvalue weighted by atomic mass is 10.2. The quantitative estimate of drug-likeness (QED) is 0.850. The number of halogens is 1. The van der Waals surface area contributed by atoms with Crippen LogP contribution in [0.25, 0.3) is 0 Å². The summed E-state index contributed by atoms with van der Waals surface area (Å²) in [5.74, 6) is -0.114. The summed E-state index contributed by atoms with van der Waals surface area (Å²) in [6, 6.07) is 9.22. The molecule has 0 radical (unpaired) electrons. The molecule has 1 rings (SSSR count). The Hall–Kier alpha value is -1.53. The minimum atomic E-state index is -0.114. The van der Waals surface area contributed by atoms with Crippen molar-refractivity contribution in [3.8, 4) is 6.07 Å². The molecule has 15 heavy (non-hydrogen) atoms. The van der Waals surface area contributed by atoms with Gasteiger partial charge in [-0.15, -0.1) is 0 Å². The van der Waals surface area contributed by atoms with Crippen molar-refractivity contribution in [2.75, 3.05) is 0 Å². The van der Waals surface area contributed by atoms with Crippen LogP contribution in [0, 0.1) is 11.3 Å². The van der Waals surface area contributed by atoms with Gasteiger partial charge >= 0.3 is 0 Å². The third-order valence-corrected chi connectivity index (χ3v) is 2.08. The van der Waals surface area contributed by atoms with Crippen LogP contribution in [0.3, 0.4) is 0 Å². The summed E-state index contributed by atoms with van der Waals surface area (Å²) in [5, 5.41) is 11.7. The van der Waals surface area contributed by atoms with Crippen LogP contribution in [0.2, 0.25) is 5.02 Å². The number of hydrogen-bond donors (Lipinski definition) is 1. The van der Waals surface area contributed by atoms with E-state index in [2.05, 4.69) is 5.32 Å². The van der Waals surface area contributed by atoms with E-state index in [9.17, 15) is 4.79 Å². The molecule has 1 aromatic rings. The first-order valence-electron chi connectivity index (χ1n) is 4.60. The molecule has 1 aromatic carbocycles. The highest BCUT2D eigenvalue weighted by atomic mass is 35.5. The molecule has 0 aliphatic heterocycles. The van der Waals surface area contributed by atoms with E-state index in [1.165, 1.54) is 0 Å². The van der Waals surface area contributed by atoms with Gasteiger partial charge in [0.2, 0.25) is 5.91 Å². The number of carbonyl (C=O) groups excluding carboxylic acids is 1. The average Bonchev–Trinajstić information content (AvgIpc) is 2.23. The van der Waals surface area contributed by atoms with Crippen molar-refractivity contribution in [3.63, 3.8) is 0 Å². The Labute approximate surface area is 93.7 Å². The van der Waals surface area contributed by atoms with Gasteiger partial charge in [0.25, 0.3) is 0 Å². The normalized spacial score (nSPS) is 9.33. The van der Waals surface area contributed by atoms with Gasteiger partial charge in [-0.3, -0.25) is 4.79 Å². The van der Waals surface area contributed by atoms with Gasteiger partial charge in [-0.25, -0.2) is 0 Å². The van der Waals surface area contributed by atoms with E-state index in [1.807, 2.05) is 18.2 Å². The summed E-state index contributed by atoms with van der Waals surface area (Å²) in [6.45, 7) is 0.449. The molecule has 0 bridgehead atoms. The van der Waals surface area contributed by atoms with E-state index in [-0.39, 0.29) is 18.7 Å². The molecule has 0 saturated carbocycles. The Morgan fingerprint density at radius 1 is 1.53 bits per heavy atom. The molecule has 78 valence electrons. The number of carbonyl (C=O) groups is 1. The fourth-order valence-corrected chi connectivity index (χ4v) is 1.32. The Bertz CT molecular complexity index is 384. The number of nitrogens with one attached hydrogen (secondary N) is 1. The second-order valence-electron chi connectivity index (χ2n) is 3.06. The van der Waals surface area contributed by atoms with Crippen LogP contribution in [0.1, 0.15) is 18.4 Å². The smallest absolute Gasteiger partial charge is 0.221 e. The van der Waals surface area contributed by atoms with Crippen molar-refractivity contribution in [2.45, 2.75) is 19.4 Å². The van der Waals surface area contributed by atoms with Gasteiger partial charge in [-0.05, 0) is 17.7 Å². The summed E-state index contributed by atoms with van der Waals surface area (Å²) in [6.07, 6.45) is 0.498. The summed E-state index contributed by atoms with van der Waals surface area (Å²) in [7, 11) is 0. The molecule has 4 heteroatoms. The zero-order chi connectivity index (χ0) is 11.1. The molecule has 3 nitrogen and oxygen atoms in total. The Morgan fingerprint density at radius 3 is 3.00 bits per heavy atom. The van der Waals surface area contributed by atoms with Gasteiger partial charge in [0, 0.05) is 24.4 Å². The molecule has 0 fully saturated rings. The molecule has 0 unspecified atom stereocenters. The van der Waals surface area contributed by atoms with Crippen LogP contribution in [0.5, 0.6) is 0 Å². The minimum Gasteiger partial charge on any atom is -0.352 e. The molecule has 0 aliphatic rings.